The molecule has 0 amide bonds. The van der Waals surface area contributed by atoms with E-state index in [-0.39, 0.29) is 16.5 Å². The Kier molecular flexibility index (Phi) is 2.98. The molecule has 0 aliphatic heterocycles. The Morgan fingerprint density at radius 3 is 2.71 bits per heavy atom. The van der Waals surface area contributed by atoms with Crippen LogP contribution in [0.5, 0.6) is 0 Å². The molecule has 6 heteroatoms. The van der Waals surface area contributed by atoms with Crippen LogP contribution >= 0.6 is 11.3 Å². The van der Waals surface area contributed by atoms with E-state index in [1.165, 1.54) is 10.6 Å². The number of rotatable bonds is 2. The minimum atomic E-state index is -1.56. The number of carboxylic acids is 1. The van der Waals surface area contributed by atoms with Gasteiger partial charge in [0.25, 0.3) is 0 Å². The molecule has 0 fully saturated rings. The molecule has 3 rings (SSSR count). The third-order valence-corrected chi connectivity index (χ3v) is 5.60. The van der Waals surface area contributed by atoms with Crippen molar-refractivity contribution in [1.82, 2.24) is 9.38 Å². The van der Waals surface area contributed by atoms with Gasteiger partial charge in [0.1, 0.15) is 5.69 Å². The van der Waals surface area contributed by atoms with E-state index in [0.717, 1.165) is 17.8 Å². The lowest BCUT2D eigenvalue weighted by molar-refractivity contribution is -0.147. The van der Waals surface area contributed by atoms with Gasteiger partial charge in [-0.2, -0.15) is 0 Å². The predicted octanol–water partition coefficient (Wildman–Crippen LogP) is 2.76. The maximum Gasteiger partial charge on any atom is 0.338 e. The monoisotopic (exact) mass is 308 g/mol. The van der Waals surface area contributed by atoms with Crippen molar-refractivity contribution >= 4 is 22.3 Å². The van der Waals surface area contributed by atoms with Crippen LogP contribution in [0.4, 0.5) is 0 Å². The number of carboxylic acid groups (broad SMARTS) is 1. The molecule has 0 radical (unpaired) electrons. The molecule has 2 N–H and O–H groups in total. The Hall–Kier alpha value is -1.40. The molecular formula is C15H20N2O3S. The number of thiazole rings is 1. The number of carbonyl (C=O) groups is 1. The van der Waals surface area contributed by atoms with E-state index in [1.807, 2.05) is 4.40 Å². The van der Waals surface area contributed by atoms with E-state index in [1.54, 1.807) is 17.5 Å². The van der Waals surface area contributed by atoms with Crippen LogP contribution in [-0.4, -0.2) is 25.6 Å². The fraction of sp³-hybridized carbons (Fsp3) is 0.600. The van der Waals surface area contributed by atoms with Gasteiger partial charge in [0.15, 0.2) is 11.1 Å². The summed E-state index contributed by atoms with van der Waals surface area (Å²) in [5, 5.41) is 18.6. The second-order valence-corrected chi connectivity index (χ2v) is 8.32. The molecule has 0 saturated heterocycles. The lowest BCUT2D eigenvalue weighted by Crippen LogP contribution is -2.34. The molecule has 1 aliphatic carbocycles. The molecule has 2 aromatic heterocycles. The molecule has 0 aromatic carbocycles. The van der Waals surface area contributed by atoms with Gasteiger partial charge in [0.05, 0.1) is 0 Å². The van der Waals surface area contributed by atoms with Gasteiger partial charge in [-0.15, -0.1) is 11.3 Å². The van der Waals surface area contributed by atoms with Crippen molar-refractivity contribution in [3.05, 3.63) is 22.5 Å². The van der Waals surface area contributed by atoms with Crippen LogP contribution in [0, 0.1) is 5.41 Å². The van der Waals surface area contributed by atoms with Crippen LogP contribution < -0.4 is 0 Å². The molecule has 1 aliphatic rings. The minimum absolute atomic E-state index is 0.0913. The van der Waals surface area contributed by atoms with E-state index in [4.69, 9.17) is 5.11 Å². The minimum Gasteiger partial charge on any atom is -0.479 e. The maximum absolute atomic E-state index is 10.9. The zero-order chi connectivity index (χ0) is 15.6. The van der Waals surface area contributed by atoms with Gasteiger partial charge in [-0.25, -0.2) is 9.78 Å². The van der Waals surface area contributed by atoms with Crippen LogP contribution in [0.25, 0.3) is 4.96 Å². The third-order valence-electron chi connectivity index (χ3n) is 4.13. The standard InChI is InChI=1S/C15H20N2O3S/c1-14(2)5-9-11(15(3,4)7-14)21-13-16-8(6-17(9)13)10(18)12(19)20/h6,10,18H,5,7H2,1-4H3,(H,19,20). The molecule has 1 unspecified atom stereocenters. The first-order chi connectivity index (χ1) is 9.61. The fourth-order valence-electron chi connectivity index (χ4n) is 3.65. The Morgan fingerprint density at radius 2 is 2.10 bits per heavy atom. The molecule has 0 saturated carbocycles. The van der Waals surface area contributed by atoms with E-state index in [9.17, 15) is 9.90 Å². The van der Waals surface area contributed by atoms with Crippen molar-refractivity contribution in [2.45, 2.75) is 52.1 Å². The zero-order valence-electron chi connectivity index (χ0n) is 12.7. The number of fused-ring (bicyclic) bond motifs is 3. The number of aliphatic hydroxyl groups is 1. The number of nitrogens with zero attached hydrogens (tertiary/aromatic N) is 2. The second kappa shape index (κ2) is 4.30. The molecule has 114 valence electrons. The van der Waals surface area contributed by atoms with Gasteiger partial charge in [0, 0.05) is 22.2 Å². The van der Waals surface area contributed by atoms with Gasteiger partial charge >= 0.3 is 5.97 Å². The van der Waals surface area contributed by atoms with Crippen molar-refractivity contribution < 1.29 is 15.0 Å². The summed E-state index contributed by atoms with van der Waals surface area (Å²) in [6.07, 6.45) is 2.16. The maximum atomic E-state index is 10.9. The number of aliphatic carboxylic acids is 1. The first kappa shape index (κ1) is 14.5. The first-order valence-corrected chi connectivity index (χ1v) is 7.84. The van der Waals surface area contributed by atoms with E-state index >= 15 is 0 Å². The van der Waals surface area contributed by atoms with Crippen molar-refractivity contribution in [3.8, 4) is 0 Å². The zero-order valence-corrected chi connectivity index (χ0v) is 13.5. The van der Waals surface area contributed by atoms with Gasteiger partial charge in [-0.1, -0.05) is 27.7 Å². The summed E-state index contributed by atoms with van der Waals surface area (Å²) in [4.78, 5) is 17.3. The highest BCUT2D eigenvalue weighted by molar-refractivity contribution is 7.17. The molecule has 0 bridgehead atoms. The lowest BCUT2D eigenvalue weighted by Gasteiger charge is -2.40. The van der Waals surface area contributed by atoms with Crippen LogP contribution in [0.1, 0.15) is 56.5 Å². The molecule has 5 nitrogen and oxygen atoms in total. The lowest BCUT2D eigenvalue weighted by atomic mass is 9.67. The van der Waals surface area contributed by atoms with E-state index in [2.05, 4.69) is 32.7 Å². The van der Waals surface area contributed by atoms with Crippen molar-refractivity contribution in [2.75, 3.05) is 0 Å². The summed E-state index contributed by atoms with van der Waals surface area (Å²) in [5.41, 5.74) is 1.69. The van der Waals surface area contributed by atoms with Crippen LogP contribution in [-0.2, 0) is 16.6 Å². The van der Waals surface area contributed by atoms with Crippen molar-refractivity contribution in [3.63, 3.8) is 0 Å². The summed E-state index contributed by atoms with van der Waals surface area (Å²) < 4.78 is 1.96. The number of hydrogen-bond acceptors (Lipinski definition) is 4. The van der Waals surface area contributed by atoms with E-state index < -0.39 is 12.1 Å². The fourth-order valence-corrected chi connectivity index (χ4v) is 4.88. The average molecular weight is 308 g/mol. The Balaban J connectivity index is 2.15. The molecule has 1 atom stereocenters. The predicted molar refractivity (Wildman–Crippen MR) is 80.8 cm³/mol. The summed E-state index contributed by atoms with van der Waals surface area (Å²) in [6, 6.07) is 0. The van der Waals surface area contributed by atoms with Gasteiger partial charge in [-0.3, -0.25) is 4.40 Å². The topological polar surface area (TPSA) is 74.8 Å². The van der Waals surface area contributed by atoms with Gasteiger partial charge in [-0.05, 0) is 18.3 Å². The molecule has 0 spiro atoms. The van der Waals surface area contributed by atoms with Gasteiger partial charge < -0.3 is 10.2 Å². The van der Waals surface area contributed by atoms with Crippen LogP contribution in [0.3, 0.4) is 0 Å². The third kappa shape index (κ3) is 2.26. The largest absolute Gasteiger partial charge is 0.479 e. The highest BCUT2D eigenvalue weighted by Crippen LogP contribution is 2.48. The summed E-state index contributed by atoms with van der Waals surface area (Å²) in [6.45, 7) is 9.00. The average Bonchev–Trinajstić information content (AvgIpc) is 2.85. The molecular weight excluding hydrogens is 288 g/mol. The number of hydrogen-bond donors (Lipinski definition) is 2. The number of aliphatic hydroxyl groups excluding tert-OH is 1. The van der Waals surface area contributed by atoms with Crippen molar-refractivity contribution in [1.29, 1.82) is 0 Å². The summed E-state index contributed by atoms with van der Waals surface area (Å²) in [5.74, 6) is -1.27. The van der Waals surface area contributed by atoms with Crippen molar-refractivity contribution in [2.24, 2.45) is 5.41 Å². The van der Waals surface area contributed by atoms with Gasteiger partial charge in [0.2, 0.25) is 0 Å². The molecule has 2 heterocycles. The first-order valence-electron chi connectivity index (χ1n) is 7.03. The van der Waals surface area contributed by atoms with E-state index in [0.29, 0.717) is 0 Å². The second-order valence-electron chi connectivity index (χ2n) is 7.34. The smallest absolute Gasteiger partial charge is 0.338 e. The van der Waals surface area contributed by atoms with Crippen LogP contribution in [0.15, 0.2) is 6.20 Å². The quantitative estimate of drug-likeness (QED) is 0.894. The number of aromatic nitrogens is 2. The molecule has 2 aromatic rings. The SMILES string of the molecule is CC1(C)Cc2c(sc3nc(C(O)C(=O)O)cn23)C(C)(C)C1. The Bertz CT molecular complexity index is 727. The number of imidazole rings is 1. The highest BCUT2D eigenvalue weighted by atomic mass is 32.1. The van der Waals surface area contributed by atoms with Crippen LogP contribution in [0.2, 0.25) is 0 Å². The highest BCUT2D eigenvalue weighted by Gasteiger charge is 2.40. The molecule has 21 heavy (non-hydrogen) atoms. The Morgan fingerprint density at radius 1 is 1.43 bits per heavy atom. The summed E-state index contributed by atoms with van der Waals surface area (Å²) in [7, 11) is 0. The normalized spacial score (nSPS) is 21.2. The summed E-state index contributed by atoms with van der Waals surface area (Å²) >= 11 is 1.61. The Labute approximate surface area is 127 Å².